The summed E-state index contributed by atoms with van der Waals surface area (Å²) in [6, 6.07) is 0. The molecule has 0 bridgehead atoms. The van der Waals surface area contributed by atoms with Crippen LogP contribution in [-0.4, -0.2) is 11.5 Å². The molecule has 0 aliphatic carbocycles. The quantitative estimate of drug-likeness (QED) is 0.312. The molecule has 6 heteroatoms. The minimum atomic E-state index is -3.20. The van der Waals surface area contributed by atoms with E-state index in [1.54, 1.807) is 0 Å². The second-order valence-electron chi connectivity index (χ2n) is 3.68. The van der Waals surface area contributed by atoms with E-state index in [-0.39, 0.29) is 19.5 Å². The number of unbranched alkanes of at least 4 members (excludes halogenated alkanes) is 2. The number of hydrogen-bond donors (Lipinski definition) is 0. The normalized spacial score (nSPS) is 11.3. The van der Waals surface area contributed by atoms with Crippen LogP contribution < -0.4 is 9.79 Å². The standard InChI is InChI=1S/C9H20O2PS2.Zn/c1-4-5-6-7-13-12(10,11)14-8-9(2)3;/h9H,4-8H2,1-3H3;/q-1;+2. The maximum Gasteiger partial charge on any atom is 2.00 e. The second kappa shape index (κ2) is 10.7. The van der Waals surface area contributed by atoms with Crippen molar-refractivity contribution in [2.75, 3.05) is 11.5 Å². The topological polar surface area (TPSA) is 46.1 Å². The van der Waals surface area contributed by atoms with Crippen LogP contribution in [-0.2, 0) is 30.4 Å². The largest absolute Gasteiger partial charge is 2.00 e. The first kappa shape index (κ1) is 18.9. The third kappa shape index (κ3) is 13.5. The Hall–Kier alpha value is 1.54. The van der Waals surface area contributed by atoms with Crippen LogP contribution in [0.1, 0.15) is 40.0 Å². The molecule has 0 radical (unpaired) electrons. The third-order valence-corrected chi connectivity index (χ3v) is 8.27. The summed E-state index contributed by atoms with van der Waals surface area (Å²) >= 11 is 1.11. The summed E-state index contributed by atoms with van der Waals surface area (Å²) in [5, 5.41) is 0. The van der Waals surface area contributed by atoms with Crippen LogP contribution in [0.15, 0.2) is 0 Å². The Kier molecular flexibility index (Phi) is 13.5. The van der Waals surface area contributed by atoms with Crippen molar-refractivity contribution in [1.82, 2.24) is 0 Å². The van der Waals surface area contributed by atoms with Gasteiger partial charge < -0.3 is 9.79 Å². The molecule has 0 rings (SSSR count). The van der Waals surface area contributed by atoms with Crippen LogP contribution in [0.5, 0.6) is 0 Å². The van der Waals surface area contributed by atoms with E-state index >= 15 is 0 Å². The van der Waals surface area contributed by atoms with Gasteiger partial charge in [0.15, 0.2) is 5.75 Å². The SMILES string of the molecule is CCCCC[S+]=P([O-])([O-])SCC(C)C.[Zn+2]. The van der Waals surface area contributed by atoms with Crippen molar-refractivity contribution in [2.24, 2.45) is 5.92 Å². The molecule has 0 aliphatic rings. The molecule has 0 aromatic rings. The van der Waals surface area contributed by atoms with Gasteiger partial charge in [-0.15, -0.1) is 11.4 Å². The molecule has 0 spiro atoms. The van der Waals surface area contributed by atoms with E-state index in [4.69, 9.17) is 0 Å². The predicted octanol–water partition coefficient (Wildman–Crippen LogP) is 2.04. The van der Waals surface area contributed by atoms with Gasteiger partial charge in [-0.1, -0.05) is 27.2 Å². The summed E-state index contributed by atoms with van der Waals surface area (Å²) in [7, 11) is 1.12. The molecule has 0 fully saturated rings. The summed E-state index contributed by atoms with van der Waals surface area (Å²) in [6.45, 7) is 6.19. The second-order valence-corrected chi connectivity index (χ2v) is 11.0. The van der Waals surface area contributed by atoms with E-state index in [2.05, 4.69) is 6.92 Å². The first-order valence-corrected chi connectivity index (χ1v) is 9.88. The molecule has 0 aliphatic heterocycles. The van der Waals surface area contributed by atoms with E-state index in [9.17, 15) is 9.79 Å². The van der Waals surface area contributed by atoms with Crippen molar-refractivity contribution in [3.8, 4) is 0 Å². The van der Waals surface area contributed by atoms with Crippen LogP contribution in [0.4, 0.5) is 0 Å². The Morgan fingerprint density at radius 2 is 1.87 bits per heavy atom. The maximum atomic E-state index is 11.5. The minimum absolute atomic E-state index is 0. The molecule has 2 nitrogen and oxygen atoms in total. The van der Waals surface area contributed by atoms with Gasteiger partial charge in [-0.2, -0.15) is 0 Å². The zero-order valence-electron chi connectivity index (χ0n) is 9.90. The molecule has 0 aromatic carbocycles. The molecule has 0 heterocycles. The Balaban J connectivity index is 0. The van der Waals surface area contributed by atoms with E-state index < -0.39 is 5.69 Å². The Morgan fingerprint density at radius 3 is 2.33 bits per heavy atom. The molecule has 0 saturated carbocycles. The summed E-state index contributed by atoms with van der Waals surface area (Å²) in [6.07, 6.45) is 3.28. The van der Waals surface area contributed by atoms with Gasteiger partial charge in [0.25, 0.3) is 0 Å². The van der Waals surface area contributed by atoms with Crippen molar-refractivity contribution < 1.29 is 29.3 Å². The van der Waals surface area contributed by atoms with Crippen LogP contribution in [0, 0.1) is 5.92 Å². The van der Waals surface area contributed by atoms with Gasteiger partial charge in [0.05, 0.1) is 0 Å². The van der Waals surface area contributed by atoms with Crippen LogP contribution in [0.25, 0.3) is 0 Å². The van der Waals surface area contributed by atoms with Crippen molar-refractivity contribution >= 4 is 28.0 Å². The van der Waals surface area contributed by atoms with Crippen LogP contribution in [0.3, 0.4) is 0 Å². The zero-order chi connectivity index (χ0) is 11.0. The molecule has 0 amide bonds. The van der Waals surface area contributed by atoms with E-state index in [1.165, 1.54) is 0 Å². The molecular weight excluding hydrogens is 301 g/mol. The monoisotopic (exact) mass is 319 g/mol. The van der Waals surface area contributed by atoms with Gasteiger partial charge in [-0.05, 0) is 12.3 Å². The average molecular weight is 321 g/mol. The molecule has 0 aromatic heterocycles. The summed E-state index contributed by atoms with van der Waals surface area (Å²) in [5.41, 5.74) is -3.20. The zero-order valence-corrected chi connectivity index (χ0v) is 15.4. The molecule has 0 unspecified atom stereocenters. The Bertz CT molecular complexity index is 195. The summed E-state index contributed by atoms with van der Waals surface area (Å²) in [4.78, 5) is 22.9. The van der Waals surface area contributed by atoms with Crippen LogP contribution in [0.2, 0.25) is 0 Å². The van der Waals surface area contributed by atoms with Crippen molar-refractivity contribution in [2.45, 2.75) is 40.0 Å². The first-order chi connectivity index (χ1) is 6.48. The minimum Gasteiger partial charge on any atom is -0.790 e. The van der Waals surface area contributed by atoms with Gasteiger partial charge in [0.2, 0.25) is 0 Å². The van der Waals surface area contributed by atoms with Crippen molar-refractivity contribution in [3.05, 3.63) is 0 Å². The molecule has 0 atom stereocenters. The van der Waals surface area contributed by atoms with Crippen LogP contribution >= 0.6 is 17.1 Å². The fourth-order valence-electron chi connectivity index (χ4n) is 0.806. The number of hydrogen-bond acceptors (Lipinski definition) is 3. The smallest absolute Gasteiger partial charge is 0.790 e. The maximum absolute atomic E-state index is 11.5. The fraction of sp³-hybridized carbons (Fsp3) is 1.00. The van der Waals surface area contributed by atoms with Gasteiger partial charge in [0.1, 0.15) is 10.9 Å². The van der Waals surface area contributed by atoms with E-state index in [0.717, 1.165) is 47.3 Å². The molecular formula is C9H20O2PS2Zn+. The molecule has 15 heavy (non-hydrogen) atoms. The van der Waals surface area contributed by atoms with Gasteiger partial charge in [0, 0.05) is 17.9 Å². The molecule has 0 N–H and O–H groups in total. The Morgan fingerprint density at radius 1 is 1.27 bits per heavy atom. The van der Waals surface area contributed by atoms with Gasteiger partial charge >= 0.3 is 19.5 Å². The third-order valence-electron chi connectivity index (χ3n) is 1.56. The van der Waals surface area contributed by atoms with Gasteiger partial charge in [-0.3, -0.25) is 0 Å². The van der Waals surface area contributed by atoms with Crippen molar-refractivity contribution in [3.63, 3.8) is 0 Å². The summed E-state index contributed by atoms with van der Waals surface area (Å²) in [5.74, 6) is 1.90. The number of rotatable bonds is 7. The predicted molar refractivity (Wildman–Crippen MR) is 66.0 cm³/mol. The average Bonchev–Trinajstić information content (AvgIpc) is 2.10. The van der Waals surface area contributed by atoms with Crippen molar-refractivity contribution in [1.29, 1.82) is 0 Å². The first-order valence-electron chi connectivity index (χ1n) is 5.08. The van der Waals surface area contributed by atoms with E-state index in [1.807, 2.05) is 13.8 Å². The molecule has 86 valence electrons. The van der Waals surface area contributed by atoms with Gasteiger partial charge in [-0.25, -0.2) is 0 Å². The summed E-state index contributed by atoms with van der Waals surface area (Å²) < 4.78 is 0. The van der Waals surface area contributed by atoms with E-state index in [0.29, 0.717) is 11.7 Å². The fourth-order valence-corrected chi connectivity index (χ4v) is 6.53. The Labute approximate surface area is 114 Å². The molecule has 0 saturated heterocycles.